The number of nitrogens with one attached hydrogen (secondary N) is 1. The number of carbonyl (C=O) groups is 1. The number of aryl methyl sites for hydroxylation is 1. The number of hydrogen-bond donors (Lipinski definition) is 1. The lowest BCUT2D eigenvalue weighted by molar-refractivity contribution is -0.115. The van der Waals surface area contributed by atoms with Crippen LogP contribution in [0, 0.1) is 6.92 Å². The van der Waals surface area contributed by atoms with Crippen LogP contribution in [0.4, 0.5) is 5.82 Å². The van der Waals surface area contributed by atoms with Gasteiger partial charge in [-0.1, -0.05) is 47.3 Å². The van der Waals surface area contributed by atoms with Gasteiger partial charge in [-0.15, -0.1) is 10.2 Å². The van der Waals surface area contributed by atoms with Crippen LogP contribution in [0.2, 0.25) is 0 Å². The topological polar surface area (TPSA) is 99.0 Å². The van der Waals surface area contributed by atoms with Crippen LogP contribution in [0.1, 0.15) is 17.7 Å². The zero-order valence-corrected chi connectivity index (χ0v) is 16.6. The molecule has 0 saturated carbocycles. The lowest BCUT2D eigenvalue weighted by atomic mass is 10.2. The maximum absolute atomic E-state index is 12.1. The summed E-state index contributed by atoms with van der Waals surface area (Å²) in [6.07, 6.45) is 1.92. The van der Waals surface area contributed by atoms with Crippen LogP contribution in [0.3, 0.4) is 0 Å². The van der Waals surface area contributed by atoms with Gasteiger partial charge in [-0.2, -0.15) is 0 Å². The Kier molecular flexibility index (Phi) is 5.76. The SMILES string of the molecule is Cc1cc(NC(=O)CCSc2nnc(-c3ccco3)n2Cc2ccccc2)no1. The molecule has 0 spiro atoms. The number of amides is 1. The van der Waals surface area contributed by atoms with Crippen LogP contribution in [0.15, 0.2) is 68.9 Å². The van der Waals surface area contributed by atoms with Gasteiger partial charge >= 0.3 is 0 Å². The summed E-state index contributed by atoms with van der Waals surface area (Å²) in [4.78, 5) is 12.1. The molecule has 0 aliphatic rings. The summed E-state index contributed by atoms with van der Waals surface area (Å²) < 4.78 is 12.5. The normalized spacial score (nSPS) is 10.9. The molecule has 3 heterocycles. The predicted octanol–water partition coefficient (Wildman–Crippen LogP) is 4.00. The van der Waals surface area contributed by atoms with Crippen molar-refractivity contribution in [3.05, 3.63) is 66.1 Å². The van der Waals surface area contributed by atoms with E-state index in [0.29, 0.717) is 41.9 Å². The highest BCUT2D eigenvalue weighted by molar-refractivity contribution is 7.99. The first-order chi connectivity index (χ1) is 14.2. The van der Waals surface area contributed by atoms with E-state index in [1.165, 1.54) is 11.8 Å². The Balaban J connectivity index is 1.44. The van der Waals surface area contributed by atoms with Gasteiger partial charge < -0.3 is 14.3 Å². The fourth-order valence-electron chi connectivity index (χ4n) is 2.76. The van der Waals surface area contributed by atoms with Crippen LogP contribution >= 0.6 is 11.8 Å². The summed E-state index contributed by atoms with van der Waals surface area (Å²) in [5.41, 5.74) is 1.13. The number of thioether (sulfide) groups is 1. The van der Waals surface area contributed by atoms with Crippen molar-refractivity contribution in [2.45, 2.75) is 25.0 Å². The van der Waals surface area contributed by atoms with Crippen molar-refractivity contribution in [2.75, 3.05) is 11.1 Å². The van der Waals surface area contributed by atoms with Gasteiger partial charge in [0.2, 0.25) is 11.7 Å². The van der Waals surface area contributed by atoms with Crippen LogP contribution in [-0.4, -0.2) is 31.6 Å². The second kappa shape index (κ2) is 8.78. The largest absolute Gasteiger partial charge is 0.461 e. The van der Waals surface area contributed by atoms with Crippen molar-refractivity contribution in [1.82, 2.24) is 19.9 Å². The Labute approximate surface area is 171 Å². The summed E-state index contributed by atoms with van der Waals surface area (Å²) in [5.74, 6) is 2.79. The molecule has 9 heteroatoms. The zero-order valence-electron chi connectivity index (χ0n) is 15.7. The molecule has 8 nitrogen and oxygen atoms in total. The molecule has 1 aromatic carbocycles. The van der Waals surface area contributed by atoms with Crippen molar-refractivity contribution in [3.63, 3.8) is 0 Å². The van der Waals surface area contributed by atoms with Gasteiger partial charge in [0.1, 0.15) is 5.76 Å². The number of benzene rings is 1. The molecule has 0 bridgehead atoms. The molecule has 148 valence electrons. The summed E-state index contributed by atoms with van der Waals surface area (Å²) in [6, 6.07) is 15.4. The third kappa shape index (κ3) is 4.75. The van der Waals surface area contributed by atoms with E-state index in [1.807, 2.05) is 47.0 Å². The first kappa shape index (κ1) is 19.0. The van der Waals surface area contributed by atoms with E-state index >= 15 is 0 Å². The summed E-state index contributed by atoms with van der Waals surface area (Å²) >= 11 is 1.47. The van der Waals surface area contributed by atoms with E-state index in [9.17, 15) is 4.79 Å². The molecule has 0 aliphatic heterocycles. The summed E-state index contributed by atoms with van der Waals surface area (Å²) in [6.45, 7) is 2.38. The van der Waals surface area contributed by atoms with Crippen LogP contribution in [0.5, 0.6) is 0 Å². The van der Waals surface area contributed by atoms with E-state index in [0.717, 1.165) is 10.7 Å². The first-order valence-corrected chi connectivity index (χ1v) is 10.0. The number of hydrogen-bond acceptors (Lipinski definition) is 7. The zero-order chi connectivity index (χ0) is 20.1. The maximum Gasteiger partial charge on any atom is 0.226 e. The maximum atomic E-state index is 12.1. The molecule has 0 atom stereocenters. The quantitative estimate of drug-likeness (QED) is 0.439. The van der Waals surface area contributed by atoms with Gasteiger partial charge in [0, 0.05) is 18.2 Å². The average Bonchev–Trinajstić information content (AvgIpc) is 3.45. The lowest BCUT2D eigenvalue weighted by Gasteiger charge is -2.09. The van der Waals surface area contributed by atoms with Gasteiger partial charge in [-0.05, 0) is 24.6 Å². The minimum Gasteiger partial charge on any atom is -0.461 e. The Morgan fingerprint density at radius 2 is 2.03 bits per heavy atom. The van der Waals surface area contributed by atoms with E-state index in [1.54, 1.807) is 19.3 Å². The second-order valence-corrected chi connectivity index (χ2v) is 7.39. The molecule has 3 aromatic heterocycles. The average molecular weight is 409 g/mol. The number of carbonyl (C=O) groups excluding carboxylic acids is 1. The Hall–Kier alpha value is -3.33. The number of rotatable bonds is 8. The van der Waals surface area contributed by atoms with E-state index in [-0.39, 0.29) is 5.91 Å². The number of furan rings is 1. The molecule has 1 amide bonds. The van der Waals surface area contributed by atoms with Crippen molar-refractivity contribution < 1.29 is 13.7 Å². The van der Waals surface area contributed by atoms with Crippen molar-refractivity contribution in [2.24, 2.45) is 0 Å². The van der Waals surface area contributed by atoms with Gasteiger partial charge in [0.15, 0.2) is 16.7 Å². The molecule has 0 unspecified atom stereocenters. The van der Waals surface area contributed by atoms with Crippen molar-refractivity contribution in [3.8, 4) is 11.6 Å². The predicted molar refractivity (Wildman–Crippen MR) is 108 cm³/mol. The number of anilines is 1. The fraction of sp³-hybridized carbons (Fsp3) is 0.200. The van der Waals surface area contributed by atoms with Gasteiger partial charge in [0.05, 0.1) is 12.8 Å². The van der Waals surface area contributed by atoms with E-state index in [2.05, 4.69) is 20.7 Å². The molecule has 4 aromatic rings. The third-order valence-electron chi connectivity index (χ3n) is 4.10. The molecular weight excluding hydrogens is 390 g/mol. The van der Waals surface area contributed by atoms with E-state index < -0.39 is 0 Å². The third-order valence-corrected chi connectivity index (χ3v) is 5.07. The molecule has 1 N–H and O–H groups in total. The summed E-state index contributed by atoms with van der Waals surface area (Å²) in [7, 11) is 0. The van der Waals surface area contributed by atoms with Crippen LogP contribution in [0.25, 0.3) is 11.6 Å². The highest BCUT2D eigenvalue weighted by Crippen LogP contribution is 2.26. The molecule has 4 rings (SSSR count). The monoisotopic (exact) mass is 409 g/mol. The molecule has 0 saturated heterocycles. The molecule has 0 radical (unpaired) electrons. The fourth-order valence-corrected chi connectivity index (χ4v) is 3.63. The van der Waals surface area contributed by atoms with Crippen LogP contribution < -0.4 is 5.32 Å². The summed E-state index contributed by atoms with van der Waals surface area (Å²) in [5, 5.41) is 15.8. The molecule has 0 aliphatic carbocycles. The highest BCUT2D eigenvalue weighted by Gasteiger charge is 2.17. The molecule has 29 heavy (non-hydrogen) atoms. The Morgan fingerprint density at radius 1 is 1.17 bits per heavy atom. The molecular formula is C20H19N5O3S. The first-order valence-electron chi connectivity index (χ1n) is 9.06. The van der Waals surface area contributed by atoms with Gasteiger partial charge in [-0.3, -0.25) is 9.36 Å². The Morgan fingerprint density at radius 3 is 2.76 bits per heavy atom. The van der Waals surface area contributed by atoms with Gasteiger partial charge in [-0.25, -0.2) is 0 Å². The minimum absolute atomic E-state index is 0.133. The number of aromatic nitrogens is 4. The van der Waals surface area contributed by atoms with E-state index in [4.69, 9.17) is 8.94 Å². The minimum atomic E-state index is -0.133. The standard InChI is InChI=1S/C20H19N5O3S/c1-14-12-17(24-28-14)21-18(26)9-11-29-20-23-22-19(16-8-5-10-27-16)25(20)13-15-6-3-2-4-7-15/h2-8,10,12H,9,11,13H2,1H3,(H,21,24,26). The van der Waals surface area contributed by atoms with Gasteiger partial charge in [0.25, 0.3) is 0 Å². The Bertz CT molecular complexity index is 1070. The van der Waals surface area contributed by atoms with Crippen molar-refractivity contribution in [1.29, 1.82) is 0 Å². The highest BCUT2D eigenvalue weighted by atomic mass is 32.2. The molecule has 0 fully saturated rings. The smallest absolute Gasteiger partial charge is 0.226 e. The van der Waals surface area contributed by atoms with Crippen molar-refractivity contribution >= 4 is 23.5 Å². The lowest BCUT2D eigenvalue weighted by Crippen LogP contribution is -2.12. The second-order valence-electron chi connectivity index (χ2n) is 6.32. The number of nitrogens with zero attached hydrogens (tertiary/aromatic N) is 4. The van der Waals surface area contributed by atoms with Crippen LogP contribution in [-0.2, 0) is 11.3 Å².